The summed E-state index contributed by atoms with van der Waals surface area (Å²) in [5.41, 5.74) is 7.46. The van der Waals surface area contributed by atoms with Crippen LogP contribution in [0.3, 0.4) is 0 Å². The molecule has 2 N–H and O–H groups in total. The van der Waals surface area contributed by atoms with Gasteiger partial charge in [0.25, 0.3) is 0 Å². The van der Waals surface area contributed by atoms with Crippen LogP contribution in [0.15, 0.2) is 24.3 Å². The van der Waals surface area contributed by atoms with E-state index in [-0.39, 0.29) is 12.0 Å². The van der Waals surface area contributed by atoms with E-state index in [9.17, 15) is 9.59 Å². The molecule has 1 heterocycles. The first-order valence-corrected chi connectivity index (χ1v) is 8.58. The monoisotopic (exact) mass is 333 g/mol. The summed E-state index contributed by atoms with van der Waals surface area (Å²) in [5, 5.41) is 0. The predicted octanol–water partition coefficient (Wildman–Crippen LogP) is 2.16. The molecule has 1 fully saturated rings. The molecule has 0 saturated carbocycles. The number of hydrogen-bond donors (Lipinski definition) is 1. The Morgan fingerprint density at radius 1 is 1.17 bits per heavy atom. The van der Waals surface area contributed by atoms with Crippen molar-refractivity contribution in [3.05, 3.63) is 29.8 Å². The maximum absolute atomic E-state index is 12.5. The van der Waals surface area contributed by atoms with Gasteiger partial charge in [-0.3, -0.25) is 9.69 Å². The lowest BCUT2D eigenvalue weighted by molar-refractivity contribution is -0.140. The number of carbonyl (C=O) groups is 2. The molecule has 132 valence electrons. The summed E-state index contributed by atoms with van der Waals surface area (Å²) in [6.45, 7) is 3.00. The molecule has 2 rings (SSSR count). The number of ether oxygens (including phenoxy) is 1. The second-order valence-electron chi connectivity index (χ2n) is 6.01. The minimum absolute atomic E-state index is 0.0741. The van der Waals surface area contributed by atoms with Gasteiger partial charge in [-0.1, -0.05) is 18.6 Å². The Balaban J connectivity index is 1.85. The fourth-order valence-electron chi connectivity index (χ4n) is 2.84. The number of urea groups is 1. The molecule has 1 aromatic carbocycles. The van der Waals surface area contributed by atoms with Crippen LogP contribution in [-0.2, 0) is 16.0 Å². The number of hydrogen-bond acceptors (Lipinski definition) is 4. The van der Waals surface area contributed by atoms with Gasteiger partial charge in [-0.25, -0.2) is 4.79 Å². The zero-order valence-electron chi connectivity index (χ0n) is 14.4. The number of esters is 1. The van der Waals surface area contributed by atoms with Crippen LogP contribution < -0.4 is 10.6 Å². The number of anilines is 1. The van der Waals surface area contributed by atoms with Crippen LogP contribution >= 0.6 is 0 Å². The van der Waals surface area contributed by atoms with Crippen LogP contribution in [0.25, 0.3) is 0 Å². The highest BCUT2D eigenvalue weighted by atomic mass is 16.5. The maximum atomic E-state index is 12.5. The van der Waals surface area contributed by atoms with E-state index in [1.807, 2.05) is 34.1 Å². The van der Waals surface area contributed by atoms with Crippen LogP contribution in [0, 0.1) is 0 Å². The summed E-state index contributed by atoms with van der Waals surface area (Å²) < 4.78 is 4.65. The van der Waals surface area contributed by atoms with Crippen molar-refractivity contribution in [2.24, 2.45) is 5.73 Å². The van der Waals surface area contributed by atoms with Crippen LogP contribution in [0.1, 0.15) is 31.2 Å². The Morgan fingerprint density at radius 2 is 1.92 bits per heavy atom. The fraction of sp³-hybridized carbons (Fsp3) is 0.556. The molecule has 1 aromatic rings. The summed E-state index contributed by atoms with van der Waals surface area (Å²) in [4.78, 5) is 27.4. The standard InChI is InChI=1S/C18H27N3O3/c1-24-17(22)10-7-15-5-8-16(9-6-15)21-14-13-20(18(21)23)12-4-2-3-11-19/h5-6,8-9H,2-4,7,10-14,19H2,1H3. The second-order valence-corrected chi connectivity index (χ2v) is 6.01. The summed E-state index contributed by atoms with van der Waals surface area (Å²) in [6, 6.07) is 7.90. The lowest BCUT2D eigenvalue weighted by atomic mass is 10.1. The first-order valence-electron chi connectivity index (χ1n) is 8.58. The van der Waals surface area contributed by atoms with E-state index in [2.05, 4.69) is 4.74 Å². The van der Waals surface area contributed by atoms with Crippen LogP contribution in [-0.4, -0.2) is 50.2 Å². The summed E-state index contributed by atoms with van der Waals surface area (Å²) in [5.74, 6) is -0.209. The first kappa shape index (κ1) is 18.3. The third kappa shape index (κ3) is 4.96. The average molecular weight is 333 g/mol. The van der Waals surface area contributed by atoms with Crippen molar-refractivity contribution in [3.8, 4) is 0 Å². The van der Waals surface area contributed by atoms with Crippen molar-refractivity contribution in [1.29, 1.82) is 0 Å². The van der Waals surface area contributed by atoms with E-state index >= 15 is 0 Å². The molecule has 6 nitrogen and oxygen atoms in total. The van der Waals surface area contributed by atoms with Crippen LogP contribution in [0.5, 0.6) is 0 Å². The van der Waals surface area contributed by atoms with Crippen LogP contribution in [0.2, 0.25) is 0 Å². The Labute approximate surface area is 143 Å². The van der Waals surface area contributed by atoms with Gasteiger partial charge in [-0.15, -0.1) is 0 Å². The molecular weight excluding hydrogens is 306 g/mol. The highest BCUT2D eigenvalue weighted by Gasteiger charge is 2.28. The number of carbonyl (C=O) groups excluding carboxylic acids is 2. The number of benzene rings is 1. The lowest BCUT2D eigenvalue weighted by Crippen LogP contribution is -2.32. The van der Waals surface area contributed by atoms with Gasteiger partial charge >= 0.3 is 12.0 Å². The van der Waals surface area contributed by atoms with Gasteiger partial charge in [-0.2, -0.15) is 0 Å². The molecule has 24 heavy (non-hydrogen) atoms. The highest BCUT2D eigenvalue weighted by molar-refractivity contribution is 5.94. The minimum atomic E-state index is -0.209. The SMILES string of the molecule is COC(=O)CCc1ccc(N2CCN(CCCCCN)C2=O)cc1. The molecule has 1 aliphatic heterocycles. The van der Waals surface area contributed by atoms with Crippen molar-refractivity contribution in [3.63, 3.8) is 0 Å². The van der Waals surface area contributed by atoms with Gasteiger partial charge in [0.15, 0.2) is 0 Å². The molecule has 6 heteroatoms. The molecule has 1 aliphatic rings. The number of rotatable bonds is 9. The Bertz CT molecular complexity index is 545. The quantitative estimate of drug-likeness (QED) is 0.555. The van der Waals surface area contributed by atoms with Gasteiger partial charge in [0.1, 0.15) is 0 Å². The van der Waals surface area contributed by atoms with Gasteiger partial charge in [-0.05, 0) is 43.5 Å². The van der Waals surface area contributed by atoms with Crippen molar-refractivity contribution in [2.45, 2.75) is 32.1 Å². The lowest BCUT2D eigenvalue weighted by Gasteiger charge is -2.19. The van der Waals surface area contributed by atoms with E-state index in [1.54, 1.807) is 0 Å². The Morgan fingerprint density at radius 3 is 2.58 bits per heavy atom. The van der Waals surface area contributed by atoms with E-state index in [0.29, 0.717) is 19.4 Å². The molecule has 0 atom stereocenters. The van der Waals surface area contributed by atoms with E-state index < -0.39 is 0 Å². The van der Waals surface area contributed by atoms with E-state index in [0.717, 1.165) is 50.1 Å². The fourth-order valence-corrected chi connectivity index (χ4v) is 2.84. The molecule has 0 radical (unpaired) electrons. The summed E-state index contributed by atoms with van der Waals surface area (Å²) in [7, 11) is 1.40. The van der Waals surface area contributed by atoms with Crippen molar-refractivity contribution < 1.29 is 14.3 Å². The maximum Gasteiger partial charge on any atom is 0.324 e. The number of amides is 2. The molecule has 0 bridgehead atoms. The molecule has 0 aliphatic carbocycles. The topological polar surface area (TPSA) is 75.9 Å². The second kappa shape index (κ2) is 9.27. The van der Waals surface area contributed by atoms with Gasteiger partial charge in [0.05, 0.1) is 7.11 Å². The number of unbranched alkanes of at least 4 members (excludes halogenated alkanes) is 2. The number of aryl methyl sites for hydroxylation is 1. The Hall–Kier alpha value is -2.08. The number of methoxy groups -OCH3 is 1. The predicted molar refractivity (Wildman–Crippen MR) is 94.0 cm³/mol. The average Bonchev–Trinajstić information content (AvgIpc) is 2.98. The zero-order chi connectivity index (χ0) is 17.4. The van der Waals surface area contributed by atoms with Crippen molar-refractivity contribution in [2.75, 3.05) is 38.2 Å². The molecule has 0 spiro atoms. The van der Waals surface area contributed by atoms with Crippen molar-refractivity contribution in [1.82, 2.24) is 4.90 Å². The van der Waals surface area contributed by atoms with Crippen molar-refractivity contribution >= 4 is 17.7 Å². The molecule has 1 saturated heterocycles. The van der Waals surface area contributed by atoms with Gasteiger partial charge in [0.2, 0.25) is 0 Å². The van der Waals surface area contributed by atoms with E-state index in [4.69, 9.17) is 5.73 Å². The molecule has 0 unspecified atom stereocenters. The molecular formula is C18H27N3O3. The largest absolute Gasteiger partial charge is 0.469 e. The highest BCUT2D eigenvalue weighted by Crippen LogP contribution is 2.21. The molecule has 2 amide bonds. The summed E-state index contributed by atoms with van der Waals surface area (Å²) in [6.07, 6.45) is 4.10. The third-order valence-electron chi connectivity index (χ3n) is 4.32. The number of nitrogens with two attached hydrogens (primary N) is 1. The number of nitrogens with zero attached hydrogens (tertiary/aromatic N) is 2. The smallest absolute Gasteiger partial charge is 0.324 e. The Kier molecular flexibility index (Phi) is 7.06. The normalized spacial score (nSPS) is 14.3. The van der Waals surface area contributed by atoms with Gasteiger partial charge < -0.3 is 15.4 Å². The van der Waals surface area contributed by atoms with Crippen LogP contribution in [0.4, 0.5) is 10.5 Å². The third-order valence-corrected chi connectivity index (χ3v) is 4.32. The summed E-state index contributed by atoms with van der Waals surface area (Å²) >= 11 is 0. The molecule has 0 aromatic heterocycles. The zero-order valence-corrected chi connectivity index (χ0v) is 14.4. The van der Waals surface area contributed by atoms with E-state index in [1.165, 1.54) is 7.11 Å². The van der Waals surface area contributed by atoms with Gasteiger partial charge in [0, 0.05) is 31.7 Å². The minimum Gasteiger partial charge on any atom is -0.469 e. The first-order chi connectivity index (χ1) is 11.7.